The van der Waals surface area contributed by atoms with Crippen LogP contribution < -0.4 is 5.32 Å². The fourth-order valence-electron chi connectivity index (χ4n) is 2.52. The van der Waals surface area contributed by atoms with Crippen molar-refractivity contribution in [1.82, 2.24) is 0 Å². The maximum Gasteiger partial charge on any atom is 0.0964 e. The molecule has 2 aromatic carbocycles. The van der Waals surface area contributed by atoms with E-state index in [1.54, 1.807) is 0 Å². The Morgan fingerprint density at radius 3 is 2.25 bits per heavy atom. The summed E-state index contributed by atoms with van der Waals surface area (Å²) in [5.74, 6) is 0. The van der Waals surface area contributed by atoms with Gasteiger partial charge in [0.25, 0.3) is 0 Å². The summed E-state index contributed by atoms with van der Waals surface area (Å²) >= 11 is 0. The van der Waals surface area contributed by atoms with Crippen LogP contribution in [0.1, 0.15) is 33.9 Å². The number of para-hydroxylation sites is 1. The molecular formula is C18H23NO. The lowest BCUT2D eigenvalue weighted by Gasteiger charge is -2.18. The summed E-state index contributed by atoms with van der Waals surface area (Å²) in [6.45, 7) is 8.78. The second-order valence-corrected chi connectivity index (χ2v) is 5.52. The summed E-state index contributed by atoms with van der Waals surface area (Å²) in [5, 5.41) is 13.8. The van der Waals surface area contributed by atoms with Gasteiger partial charge >= 0.3 is 0 Å². The van der Waals surface area contributed by atoms with E-state index >= 15 is 0 Å². The van der Waals surface area contributed by atoms with Crippen molar-refractivity contribution in [2.75, 3.05) is 11.9 Å². The summed E-state index contributed by atoms with van der Waals surface area (Å²) < 4.78 is 0. The quantitative estimate of drug-likeness (QED) is 0.877. The fourth-order valence-corrected chi connectivity index (χ4v) is 2.52. The second-order valence-electron chi connectivity index (χ2n) is 5.52. The Kier molecular flexibility index (Phi) is 4.46. The standard InChI is InChI=1S/C18H23NO/c1-12-8-9-13(2)16(10-12)17(20)11-19-18-14(3)6-5-7-15(18)4/h5-10,17,19-20H,11H2,1-4H3. The monoisotopic (exact) mass is 269 g/mol. The first-order chi connectivity index (χ1) is 9.49. The molecule has 0 saturated heterocycles. The lowest BCUT2D eigenvalue weighted by molar-refractivity contribution is 0.191. The zero-order valence-electron chi connectivity index (χ0n) is 12.7. The van der Waals surface area contributed by atoms with E-state index in [0.717, 1.165) is 16.8 Å². The van der Waals surface area contributed by atoms with Crippen molar-refractivity contribution in [3.05, 3.63) is 64.2 Å². The first-order valence-electron chi connectivity index (χ1n) is 7.04. The van der Waals surface area contributed by atoms with Crippen molar-refractivity contribution < 1.29 is 5.11 Å². The van der Waals surface area contributed by atoms with Crippen LogP contribution in [-0.2, 0) is 0 Å². The van der Waals surface area contributed by atoms with Gasteiger partial charge in [0.15, 0.2) is 0 Å². The zero-order chi connectivity index (χ0) is 14.7. The van der Waals surface area contributed by atoms with Gasteiger partial charge in [-0.1, -0.05) is 42.0 Å². The largest absolute Gasteiger partial charge is 0.387 e. The predicted molar refractivity (Wildman–Crippen MR) is 85.3 cm³/mol. The molecule has 20 heavy (non-hydrogen) atoms. The highest BCUT2D eigenvalue weighted by atomic mass is 16.3. The van der Waals surface area contributed by atoms with Gasteiger partial charge in [0.2, 0.25) is 0 Å². The predicted octanol–water partition coefficient (Wildman–Crippen LogP) is 4.07. The van der Waals surface area contributed by atoms with E-state index in [2.05, 4.69) is 62.5 Å². The third-order valence-corrected chi connectivity index (χ3v) is 3.75. The van der Waals surface area contributed by atoms with Crippen molar-refractivity contribution in [2.24, 2.45) is 0 Å². The molecule has 1 atom stereocenters. The highest BCUT2D eigenvalue weighted by Gasteiger charge is 2.11. The third-order valence-electron chi connectivity index (χ3n) is 3.75. The average Bonchev–Trinajstić information content (AvgIpc) is 2.40. The molecule has 0 radical (unpaired) electrons. The number of nitrogens with one attached hydrogen (secondary N) is 1. The van der Waals surface area contributed by atoms with Crippen LogP contribution in [0.4, 0.5) is 5.69 Å². The number of aryl methyl sites for hydroxylation is 4. The molecule has 0 fully saturated rings. The van der Waals surface area contributed by atoms with Gasteiger partial charge in [-0.15, -0.1) is 0 Å². The van der Waals surface area contributed by atoms with Crippen LogP contribution >= 0.6 is 0 Å². The first-order valence-corrected chi connectivity index (χ1v) is 7.04. The van der Waals surface area contributed by atoms with E-state index in [4.69, 9.17) is 0 Å². The van der Waals surface area contributed by atoms with Crippen LogP contribution in [0.3, 0.4) is 0 Å². The minimum absolute atomic E-state index is 0.492. The van der Waals surface area contributed by atoms with Crippen LogP contribution in [0.15, 0.2) is 36.4 Å². The van der Waals surface area contributed by atoms with Gasteiger partial charge in [-0.2, -0.15) is 0 Å². The summed E-state index contributed by atoms with van der Waals surface area (Å²) in [5.41, 5.74) is 6.85. The van der Waals surface area contributed by atoms with Crippen LogP contribution in [0.25, 0.3) is 0 Å². The highest BCUT2D eigenvalue weighted by Crippen LogP contribution is 2.23. The summed E-state index contributed by atoms with van der Waals surface area (Å²) in [4.78, 5) is 0. The Hall–Kier alpha value is -1.80. The van der Waals surface area contributed by atoms with Gasteiger partial charge < -0.3 is 10.4 Å². The Balaban J connectivity index is 2.13. The number of hydrogen-bond acceptors (Lipinski definition) is 2. The Bertz CT molecular complexity index is 584. The van der Waals surface area contributed by atoms with Crippen molar-refractivity contribution in [3.8, 4) is 0 Å². The summed E-state index contributed by atoms with van der Waals surface area (Å²) in [6, 6.07) is 12.4. The van der Waals surface area contributed by atoms with Gasteiger partial charge in [0.05, 0.1) is 6.10 Å². The van der Waals surface area contributed by atoms with E-state index in [1.165, 1.54) is 16.7 Å². The van der Waals surface area contributed by atoms with Crippen molar-refractivity contribution in [1.29, 1.82) is 0 Å². The smallest absolute Gasteiger partial charge is 0.0964 e. The molecular weight excluding hydrogens is 246 g/mol. The Morgan fingerprint density at radius 2 is 1.60 bits per heavy atom. The molecule has 106 valence electrons. The van der Waals surface area contributed by atoms with Crippen LogP contribution in [0.2, 0.25) is 0 Å². The second kappa shape index (κ2) is 6.10. The molecule has 0 aliphatic heterocycles. The van der Waals surface area contributed by atoms with Crippen LogP contribution in [-0.4, -0.2) is 11.7 Å². The molecule has 0 heterocycles. The molecule has 2 nitrogen and oxygen atoms in total. The average molecular weight is 269 g/mol. The molecule has 0 aliphatic rings. The number of rotatable bonds is 4. The molecule has 0 aliphatic carbocycles. The SMILES string of the molecule is Cc1ccc(C)c(C(O)CNc2c(C)cccc2C)c1. The summed E-state index contributed by atoms with van der Waals surface area (Å²) in [7, 11) is 0. The van der Waals surface area contributed by atoms with Crippen molar-refractivity contribution in [3.63, 3.8) is 0 Å². The minimum Gasteiger partial charge on any atom is -0.387 e. The molecule has 0 bridgehead atoms. The molecule has 2 N–H and O–H groups in total. The van der Waals surface area contributed by atoms with E-state index in [-0.39, 0.29) is 0 Å². The van der Waals surface area contributed by atoms with Crippen molar-refractivity contribution >= 4 is 5.69 Å². The maximum atomic E-state index is 10.4. The number of anilines is 1. The van der Waals surface area contributed by atoms with Crippen LogP contribution in [0.5, 0.6) is 0 Å². The van der Waals surface area contributed by atoms with Crippen molar-refractivity contribution in [2.45, 2.75) is 33.8 Å². The molecule has 1 unspecified atom stereocenters. The zero-order valence-corrected chi connectivity index (χ0v) is 12.7. The van der Waals surface area contributed by atoms with E-state index in [1.807, 2.05) is 6.92 Å². The number of hydrogen-bond donors (Lipinski definition) is 2. The molecule has 0 amide bonds. The molecule has 2 aromatic rings. The summed E-state index contributed by atoms with van der Waals surface area (Å²) in [6.07, 6.45) is -0.492. The van der Waals surface area contributed by atoms with Gasteiger partial charge in [0.1, 0.15) is 0 Å². The lowest BCUT2D eigenvalue weighted by Crippen LogP contribution is -2.14. The van der Waals surface area contributed by atoms with Gasteiger partial charge in [-0.3, -0.25) is 0 Å². The number of aliphatic hydroxyl groups is 1. The minimum atomic E-state index is -0.492. The molecule has 0 spiro atoms. The Morgan fingerprint density at radius 1 is 0.950 bits per heavy atom. The normalized spacial score (nSPS) is 12.2. The third kappa shape index (κ3) is 3.20. The van der Waals surface area contributed by atoms with E-state index in [0.29, 0.717) is 6.54 Å². The molecule has 0 saturated carbocycles. The molecule has 2 heteroatoms. The van der Waals surface area contributed by atoms with Gasteiger partial charge in [-0.25, -0.2) is 0 Å². The molecule has 0 aromatic heterocycles. The van der Waals surface area contributed by atoms with Gasteiger partial charge in [0, 0.05) is 12.2 Å². The van der Waals surface area contributed by atoms with Crippen LogP contribution in [0, 0.1) is 27.7 Å². The maximum absolute atomic E-state index is 10.4. The van der Waals surface area contributed by atoms with E-state index in [9.17, 15) is 5.11 Å². The molecule has 2 rings (SSSR count). The Labute approximate surface area is 121 Å². The number of aliphatic hydroxyl groups excluding tert-OH is 1. The topological polar surface area (TPSA) is 32.3 Å². The highest BCUT2D eigenvalue weighted by molar-refractivity contribution is 5.56. The first kappa shape index (κ1) is 14.6. The van der Waals surface area contributed by atoms with Gasteiger partial charge in [-0.05, 0) is 49.9 Å². The fraction of sp³-hybridized carbons (Fsp3) is 0.333. The lowest BCUT2D eigenvalue weighted by atomic mass is 10.0. The number of benzene rings is 2. The van der Waals surface area contributed by atoms with E-state index < -0.39 is 6.10 Å².